The number of carbonyl (C=O) groups is 1. The van der Waals surface area contributed by atoms with Crippen molar-refractivity contribution in [2.45, 2.75) is 19.3 Å². The molecule has 0 spiro atoms. The van der Waals surface area contributed by atoms with Gasteiger partial charge < -0.3 is 5.32 Å². The van der Waals surface area contributed by atoms with Crippen molar-refractivity contribution in [3.63, 3.8) is 0 Å². The van der Waals surface area contributed by atoms with Crippen LogP contribution >= 0.6 is 0 Å². The molecule has 1 N–H and O–H groups in total. The average molecular weight is 306 g/mol. The Morgan fingerprint density at radius 2 is 2.22 bits per heavy atom. The predicted octanol–water partition coefficient (Wildman–Crippen LogP) is 3.79. The first-order valence-corrected chi connectivity index (χ1v) is 7.75. The molecule has 1 saturated carbocycles. The molecule has 2 amide bonds. The lowest BCUT2D eigenvalue weighted by Crippen LogP contribution is -2.36. The molecule has 1 aromatic heterocycles. The summed E-state index contributed by atoms with van der Waals surface area (Å²) in [5, 5.41) is 11.9. The Morgan fingerprint density at radius 1 is 1.35 bits per heavy atom. The van der Waals surface area contributed by atoms with Crippen LogP contribution in [0.1, 0.15) is 24.8 Å². The van der Waals surface area contributed by atoms with Gasteiger partial charge in [-0.05, 0) is 42.7 Å². The van der Waals surface area contributed by atoms with Gasteiger partial charge in [0.1, 0.15) is 0 Å². The Balaban J connectivity index is 1.78. The van der Waals surface area contributed by atoms with Crippen molar-refractivity contribution in [2.24, 2.45) is 5.92 Å². The second kappa shape index (κ2) is 6.93. The number of hydrogen-bond acceptors (Lipinski definition) is 3. The fourth-order valence-electron chi connectivity index (χ4n) is 2.44. The molecular formula is C18H18N4O. The van der Waals surface area contributed by atoms with Gasteiger partial charge in [0.15, 0.2) is 0 Å². The van der Waals surface area contributed by atoms with Gasteiger partial charge in [-0.25, -0.2) is 4.79 Å². The maximum Gasteiger partial charge on any atom is 0.326 e. The molecule has 116 valence electrons. The van der Waals surface area contributed by atoms with Crippen LogP contribution in [-0.2, 0) is 0 Å². The lowest BCUT2D eigenvalue weighted by molar-refractivity contribution is 0.256. The van der Waals surface area contributed by atoms with Crippen molar-refractivity contribution in [1.29, 1.82) is 5.26 Å². The molecule has 1 aromatic carbocycles. The summed E-state index contributed by atoms with van der Waals surface area (Å²) in [5.74, 6) is 0.725. The minimum absolute atomic E-state index is 0.200. The van der Waals surface area contributed by atoms with Gasteiger partial charge >= 0.3 is 6.03 Å². The first kappa shape index (κ1) is 15.0. The summed E-state index contributed by atoms with van der Waals surface area (Å²) in [7, 11) is 0. The normalized spacial score (nSPS) is 13.2. The maximum absolute atomic E-state index is 12.6. The summed E-state index contributed by atoms with van der Waals surface area (Å²) < 4.78 is 0. The van der Waals surface area contributed by atoms with Gasteiger partial charge in [-0.3, -0.25) is 9.88 Å². The molecular weight excluding hydrogens is 288 g/mol. The lowest BCUT2D eigenvalue weighted by atomic mass is 10.2. The third kappa shape index (κ3) is 4.07. The van der Waals surface area contributed by atoms with E-state index < -0.39 is 0 Å². The number of anilines is 2. The first-order valence-electron chi connectivity index (χ1n) is 7.75. The largest absolute Gasteiger partial charge is 0.326 e. The summed E-state index contributed by atoms with van der Waals surface area (Å²) in [6.07, 6.45) is 6.75. The van der Waals surface area contributed by atoms with Gasteiger partial charge in [-0.2, -0.15) is 5.26 Å². The Morgan fingerprint density at radius 3 is 2.91 bits per heavy atom. The zero-order valence-electron chi connectivity index (χ0n) is 12.8. The van der Waals surface area contributed by atoms with Crippen LogP contribution in [-0.4, -0.2) is 17.6 Å². The number of pyridine rings is 1. The van der Waals surface area contributed by atoms with Gasteiger partial charge in [-0.1, -0.05) is 18.9 Å². The fourth-order valence-corrected chi connectivity index (χ4v) is 2.44. The zero-order chi connectivity index (χ0) is 16.1. The van der Waals surface area contributed by atoms with Crippen LogP contribution in [0.15, 0.2) is 48.8 Å². The highest BCUT2D eigenvalue weighted by molar-refractivity contribution is 6.01. The molecule has 0 radical (unpaired) electrons. The van der Waals surface area contributed by atoms with Crippen LogP contribution in [0.5, 0.6) is 0 Å². The Hall–Kier alpha value is -2.87. The Labute approximate surface area is 135 Å². The van der Waals surface area contributed by atoms with Crippen molar-refractivity contribution in [3.05, 3.63) is 54.4 Å². The third-order valence-electron chi connectivity index (χ3n) is 3.90. The van der Waals surface area contributed by atoms with Crippen LogP contribution in [0.25, 0.3) is 0 Å². The highest BCUT2D eigenvalue weighted by Gasteiger charge is 2.24. The number of amides is 2. The number of rotatable bonds is 5. The molecule has 5 nitrogen and oxygen atoms in total. The Kier molecular flexibility index (Phi) is 4.53. The molecule has 1 aliphatic carbocycles. The quantitative estimate of drug-likeness (QED) is 0.913. The minimum atomic E-state index is -0.200. The zero-order valence-corrected chi connectivity index (χ0v) is 12.8. The molecule has 0 saturated heterocycles. The number of nitrogens with one attached hydrogen (secondary N) is 1. The maximum atomic E-state index is 12.6. The van der Waals surface area contributed by atoms with E-state index in [1.807, 2.05) is 6.07 Å². The van der Waals surface area contributed by atoms with Crippen LogP contribution < -0.4 is 10.2 Å². The van der Waals surface area contributed by atoms with E-state index in [2.05, 4.69) is 16.4 Å². The molecule has 5 heteroatoms. The van der Waals surface area contributed by atoms with Crippen LogP contribution in [0.2, 0.25) is 0 Å². The summed E-state index contributed by atoms with van der Waals surface area (Å²) >= 11 is 0. The first-order chi connectivity index (χ1) is 11.3. The van der Waals surface area contributed by atoms with Crippen LogP contribution in [0, 0.1) is 17.2 Å². The second-order valence-electron chi connectivity index (χ2n) is 5.72. The van der Waals surface area contributed by atoms with Crippen molar-refractivity contribution in [2.75, 3.05) is 16.8 Å². The minimum Gasteiger partial charge on any atom is -0.306 e. The smallest absolute Gasteiger partial charge is 0.306 e. The van der Waals surface area contributed by atoms with E-state index in [1.54, 1.807) is 47.6 Å². The number of hydrogen-bond donors (Lipinski definition) is 1. The highest BCUT2D eigenvalue weighted by Crippen LogP contribution is 2.33. The van der Waals surface area contributed by atoms with Gasteiger partial charge in [0.2, 0.25) is 0 Å². The van der Waals surface area contributed by atoms with Gasteiger partial charge in [-0.15, -0.1) is 0 Å². The second-order valence-corrected chi connectivity index (χ2v) is 5.72. The molecule has 0 unspecified atom stereocenters. The summed E-state index contributed by atoms with van der Waals surface area (Å²) in [6.45, 7) is 0.644. The lowest BCUT2D eigenvalue weighted by Gasteiger charge is -2.23. The fraction of sp³-hybridized carbons (Fsp3) is 0.278. The molecule has 2 aromatic rings. The van der Waals surface area contributed by atoms with Crippen molar-refractivity contribution in [3.8, 4) is 6.07 Å². The van der Waals surface area contributed by atoms with E-state index in [0.717, 1.165) is 18.0 Å². The molecule has 0 aliphatic heterocycles. The molecule has 0 bridgehead atoms. The van der Waals surface area contributed by atoms with Crippen molar-refractivity contribution < 1.29 is 4.79 Å². The third-order valence-corrected chi connectivity index (χ3v) is 3.90. The van der Waals surface area contributed by atoms with E-state index in [1.165, 1.54) is 12.8 Å². The summed E-state index contributed by atoms with van der Waals surface area (Å²) in [6, 6.07) is 12.6. The van der Waals surface area contributed by atoms with Crippen LogP contribution in [0.3, 0.4) is 0 Å². The standard InChI is InChI=1S/C18H18N4O/c19-12-15-3-1-5-17(11-15)22(10-8-14-6-7-14)18(23)21-16-4-2-9-20-13-16/h1-5,9,11,13-14H,6-8,10H2,(H,21,23). The van der Waals surface area contributed by atoms with Gasteiger partial charge in [0.25, 0.3) is 0 Å². The number of nitriles is 1. The monoisotopic (exact) mass is 306 g/mol. The predicted molar refractivity (Wildman–Crippen MR) is 89.1 cm³/mol. The van der Waals surface area contributed by atoms with Gasteiger partial charge in [0, 0.05) is 18.4 Å². The molecule has 3 rings (SSSR count). The topological polar surface area (TPSA) is 69.0 Å². The number of carbonyl (C=O) groups excluding carboxylic acids is 1. The van der Waals surface area contributed by atoms with Crippen molar-refractivity contribution in [1.82, 2.24) is 4.98 Å². The van der Waals surface area contributed by atoms with Crippen molar-refractivity contribution >= 4 is 17.4 Å². The number of urea groups is 1. The Bertz CT molecular complexity index is 719. The summed E-state index contributed by atoms with van der Waals surface area (Å²) in [4.78, 5) is 18.4. The van der Waals surface area contributed by atoms with E-state index in [-0.39, 0.29) is 6.03 Å². The average Bonchev–Trinajstić information content (AvgIpc) is 3.40. The number of nitrogens with zero attached hydrogens (tertiary/aromatic N) is 3. The molecule has 1 aliphatic rings. The SMILES string of the molecule is N#Cc1cccc(N(CCC2CC2)C(=O)Nc2cccnc2)c1. The van der Waals surface area contributed by atoms with Crippen LogP contribution in [0.4, 0.5) is 16.2 Å². The van der Waals surface area contributed by atoms with E-state index in [4.69, 9.17) is 5.26 Å². The highest BCUT2D eigenvalue weighted by atomic mass is 16.2. The molecule has 23 heavy (non-hydrogen) atoms. The summed E-state index contributed by atoms with van der Waals surface area (Å²) in [5.41, 5.74) is 1.95. The van der Waals surface area contributed by atoms with Gasteiger partial charge in [0.05, 0.1) is 23.5 Å². The van der Waals surface area contributed by atoms with E-state index in [9.17, 15) is 4.79 Å². The molecule has 1 heterocycles. The molecule has 1 fully saturated rings. The van der Waals surface area contributed by atoms with E-state index in [0.29, 0.717) is 17.8 Å². The van der Waals surface area contributed by atoms with E-state index >= 15 is 0 Å². The number of benzene rings is 1. The molecule has 0 atom stereocenters. The number of aromatic nitrogens is 1.